The number of amides is 1. The minimum absolute atomic E-state index is 0.0946. The Bertz CT molecular complexity index is 1050. The Balaban J connectivity index is 1.35. The summed E-state index contributed by atoms with van der Waals surface area (Å²) in [6, 6.07) is 16.8. The van der Waals surface area contributed by atoms with E-state index in [4.69, 9.17) is 9.47 Å². The molecule has 0 bridgehead atoms. The molecule has 186 valence electrons. The van der Waals surface area contributed by atoms with E-state index in [1.807, 2.05) is 24.0 Å². The standard InChI is InChI=1S/C28H35N3O4/c1-3-35-28(33)20-12-14-29(15-13-20)27(32)24-18-21-6-4-5-7-25(21)31-17-16-30(19-26(24)31)22-8-10-23(34-2)11-9-22/h4-11,20,24,26H,3,12-19H2,1-2H3. The first-order valence-corrected chi connectivity index (χ1v) is 12.8. The molecule has 3 heterocycles. The summed E-state index contributed by atoms with van der Waals surface area (Å²) < 4.78 is 10.5. The Kier molecular flexibility index (Phi) is 6.84. The quantitative estimate of drug-likeness (QED) is 0.616. The van der Waals surface area contributed by atoms with E-state index in [9.17, 15) is 9.59 Å². The van der Waals surface area contributed by atoms with Gasteiger partial charge in [-0.1, -0.05) is 18.2 Å². The summed E-state index contributed by atoms with van der Waals surface area (Å²) in [6.45, 7) is 6.07. The van der Waals surface area contributed by atoms with Crippen molar-refractivity contribution in [2.75, 3.05) is 56.2 Å². The van der Waals surface area contributed by atoms with Gasteiger partial charge in [-0.05, 0) is 62.1 Å². The molecule has 0 N–H and O–H groups in total. The zero-order valence-corrected chi connectivity index (χ0v) is 20.7. The van der Waals surface area contributed by atoms with E-state index in [2.05, 4.69) is 46.2 Å². The Morgan fingerprint density at radius 3 is 2.43 bits per heavy atom. The van der Waals surface area contributed by atoms with Crippen LogP contribution in [0.2, 0.25) is 0 Å². The lowest BCUT2D eigenvalue weighted by molar-refractivity contribution is -0.152. The molecule has 5 rings (SSSR count). The van der Waals surface area contributed by atoms with Crippen LogP contribution in [0.15, 0.2) is 48.5 Å². The summed E-state index contributed by atoms with van der Waals surface area (Å²) in [7, 11) is 1.68. The second-order valence-corrected chi connectivity index (χ2v) is 9.70. The fourth-order valence-electron chi connectivity index (χ4n) is 5.90. The smallest absolute Gasteiger partial charge is 0.309 e. The lowest BCUT2D eigenvalue weighted by Crippen LogP contribution is -2.62. The monoisotopic (exact) mass is 477 g/mol. The number of carbonyl (C=O) groups excluding carboxylic acids is 2. The number of anilines is 2. The van der Waals surface area contributed by atoms with Gasteiger partial charge in [0.25, 0.3) is 0 Å². The maximum atomic E-state index is 13.9. The number of para-hydroxylation sites is 1. The number of benzene rings is 2. The third-order valence-corrected chi connectivity index (χ3v) is 7.81. The Labute approximate surface area is 207 Å². The average molecular weight is 478 g/mol. The van der Waals surface area contributed by atoms with E-state index in [1.165, 1.54) is 11.3 Å². The zero-order chi connectivity index (χ0) is 24.4. The summed E-state index contributed by atoms with van der Waals surface area (Å²) in [5.74, 6) is 0.736. The van der Waals surface area contributed by atoms with Gasteiger partial charge in [0.2, 0.25) is 5.91 Å². The first kappa shape index (κ1) is 23.5. The van der Waals surface area contributed by atoms with Gasteiger partial charge in [0.05, 0.1) is 31.6 Å². The van der Waals surface area contributed by atoms with E-state index < -0.39 is 0 Å². The number of carbonyl (C=O) groups is 2. The first-order valence-electron chi connectivity index (χ1n) is 12.8. The zero-order valence-electron chi connectivity index (χ0n) is 20.7. The summed E-state index contributed by atoms with van der Waals surface area (Å²) >= 11 is 0. The minimum Gasteiger partial charge on any atom is -0.497 e. The molecule has 0 radical (unpaired) electrons. The van der Waals surface area contributed by atoms with Gasteiger partial charge in [0.15, 0.2) is 0 Å². The molecule has 3 aliphatic rings. The molecule has 7 heteroatoms. The molecule has 2 saturated heterocycles. The SMILES string of the molecule is CCOC(=O)C1CCN(C(=O)C2Cc3ccccc3N3CCN(c4ccc(OC)cc4)CC23)CC1. The van der Waals surface area contributed by atoms with Crippen molar-refractivity contribution in [3.05, 3.63) is 54.1 Å². The largest absolute Gasteiger partial charge is 0.497 e. The Morgan fingerprint density at radius 1 is 0.971 bits per heavy atom. The number of methoxy groups -OCH3 is 1. The molecule has 35 heavy (non-hydrogen) atoms. The lowest BCUT2D eigenvalue weighted by Gasteiger charge is -2.50. The highest BCUT2D eigenvalue weighted by Crippen LogP contribution is 2.38. The van der Waals surface area contributed by atoms with E-state index in [0.29, 0.717) is 32.5 Å². The summed E-state index contributed by atoms with van der Waals surface area (Å²) in [4.78, 5) is 32.9. The van der Waals surface area contributed by atoms with Gasteiger partial charge in [-0.3, -0.25) is 9.59 Å². The number of likely N-dealkylation sites (tertiary alicyclic amines) is 1. The maximum absolute atomic E-state index is 13.9. The molecule has 3 aliphatic heterocycles. The summed E-state index contributed by atoms with van der Waals surface area (Å²) in [5.41, 5.74) is 3.67. The molecule has 0 saturated carbocycles. The van der Waals surface area contributed by atoms with Crippen molar-refractivity contribution in [2.24, 2.45) is 11.8 Å². The van der Waals surface area contributed by atoms with Crippen molar-refractivity contribution in [3.63, 3.8) is 0 Å². The summed E-state index contributed by atoms with van der Waals surface area (Å²) in [6.07, 6.45) is 2.12. The van der Waals surface area contributed by atoms with Crippen LogP contribution in [0.5, 0.6) is 5.75 Å². The number of nitrogens with zero attached hydrogens (tertiary/aromatic N) is 3. The van der Waals surface area contributed by atoms with Crippen molar-refractivity contribution in [3.8, 4) is 5.75 Å². The maximum Gasteiger partial charge on any atom is 0.309 e. The number of piperazine rings is 1. The Morgan fingerprint density at radius 2 is 1.71 bits per heavy atom. The van der Waals surface area contributed by atoms with Crippen LogP contribution in [0.3, 0.4) is 0 Å². The number of hydrogen-bond acceptors (Lipinski definition) is 6. The van der Waals surface area contributed by atoms with Gasteiger partial charge in [0, 0.05) is 44.1 Å². The van der Waals surface area contributed by atoms with Crippen molar-refractivity contribution in [1.29, 1.82) is 0 Å². The topological polar surface area (TPSA) is 62.3 Å². The van der Waals surface area contributed by atoms with Gasteiger partial charge in [-0.2, -0.15) is 0 Å². The highest BCUT2D eigenvalue weighted by molar-refractivity contribution is 5.83. The molecule has 2 aromatic rings. The van der Waals surface area contributed by atoms with Crippen LogP contribution >= 0.6 is 0 Å². The van der Waals surface area contributed by atoms with Crippen molar-refractivity contribution in [1.82, 2.24) is 4.90 Å². The van der Waals surface area contributed by atoms with Gasteiger partial charge in [-0.25, -0.2) is 0 Å². The predicted molar refractivity (Wildman–Crippen MR) is 136 cm³/mol. The van der Waals surface area contributed by atoms with Crippen molar-refractivity contribution in [2.45, 2.75) is 32.2 Å². The molecular weight excluding hydrogens is 442 g/mol. The van der Waals surface area contributed by atoms with E-state index >= 15 is 0 Å². The minimum atomic E-state index is -0.125. The predicted octanol–water partition coefficient (Wildman–Crippen LogP) is 3.36. The lowest BCUT2D eigenvalue weighted by atomic mass is 9.82. The molecule has 2 atom stereocenters. The van der Waals surface area contributed by atoms with Gasteiger partial charge in [0.1, 0.15) is 5.75 Å². The first-order chi connectivity index (χ1) is 17.1. The van der Waals surface area contributed by atoms with E-state index in [-0.39, 0.29) is 29.8 Å². The normalized spacial score (nSPS) is 22.3. The molecule has 2 aromatic carbocycles. The van der Waals surface area contributed by atoms with Crippen LogP contribution in [0.4, 0.5) is 11.4 Å². The molecular formula is C28H35N3O4. The van der Waals surface area contributed by atoms with Crippen LogP contribution in [-0.2, 0) is 20.7 Å². The molecule has 2 fully saturated rings. The van der Waals surface area contributed by atoms with Crippen LogP contribution in [0.1, 0.15) is 25.3 Å². The van der Waals surface area contributed by atoms with Gasteiger partial charge < -0.3 is 24.2 Å². The molecule has 0 spiro atoms. The number of esters is 1. The number of fused-ring (bicyclic) bond motifs is 3. The highest BCUT2D eigenvalue weighted by Gasteiger charge is 2.43. The highest BCUT2D eigenvalue weighted by atomic mass is 16.5. The van der Waals surface area contributed by atoms with Crippen LogP contribution in [0, 0.1) is 11.8 Å². The second-order valence-electron chi connectivity index (χ2n) is 9.70. The van der Waals surface area contributed by atoms with Crippen LogP contribution in [0.25, 0.3) is 0 Å². The third kappa shape index (κ3) is 4.68. The fourth-order valence-corrected chi connectivity index (χ4v) is 5.90. The second kappa shape index (κ2) is 10.2. The molecule has 2 unspecified atom stereocenters. The number of piperidine rings is 1. The Hall–Kier alpha value is -3.22. The number of rotatable bonds is 5. The van der Waals surface area contributed by atoms with Crippen molar-refractivity contribution < 1.29 is 19.1 Å². The van der Waals surface area contributed by atoms with Crippen LogP contribution < -0.4 is 14.5 Å². The van der Waals surface area contributed by atoms with Crippen LogP contribution in [-0.4, -0.2) is 69.3 Å². The third-order valence-electron chi connectivity index (χ3n) is 7.81. The average Bonchev–Trinajstić information content (AvgIpc) is 2.92. The van der Waals surface area contributed by atoms with Gasteiger partial charge >= 0.3 is 5.97 Å². The van der Waals surface area contributed by atoms with E-state index in [0.717, 1.165) is 37.5 Å². The summed E-state index contributed by atoms with van der Waals surface area (Å²) in [5, 5.41) is 0. The molecule has 0 aromatic heterocycles. The molecule has 0 aliphatic carbocycles. The number of ether oxygens (including phenoxy) is 2. The molecule has 1 amide bonds. The fraction of sp³-hybridized carbons (Fsp3) is 0.500. The number of hydrogen-bond donors (Lipinski definition) is 0. The van der Waals surface area contributed by atoms with Crippen molar-refractivity contribution >= 4 is 23.3 Å². The molecule has 7 nitrogen and oxygen atoms in total. The van der Waals surface area contributed by atoms with Gasteiger partial charge in [-0.15, -0.1) is 0 Å². The van der Waals surface area contributed by atoms with E-state index in [1.54, 1.807) is 7.11 Å².